The maximum atomic E-state index is 4.11. The summed E-state index contributed by atoms with van der Waals surface area (Å²) in [4.78, 5) is 0. The van der Waals surface area contributed by atoms with Crippen LogP contribution in [0.2, 0.25) is 0 Å². The first-order valence-electron chi connectivity index (χ1n) is 6.15. The van der Waals surface area contributed by atoms with Crippen molar-refractivity contribution in [2.24, 2.45) is 11.8 Å². The highest BCUT2D eigenvalue weighted by Gasteiger charge is 2.08. The molecule has 0 N–H and O–H groups in total. The van der Waals surface area contributed by atoms with Crippen LogP contribution in [0.4, 0.5) is 0 Å². The van der Waals surface area contributed by atoms with E-state index in [-0.39, 0.29) is 0 Å². The molecule has 0 aromatic heterocycles. The van der Waals surface area contributed by atoms with Gasteiger partial charge in [0, 0.05) is 0 Å². The molecule has 0 saturated heterocycles. The number of hydrogen-bond donors (Lipinski definition) is 0. The van der Waals surface area contributed by atoms with Gasteiger partial charge >= 0.3 is 0 Å². The minimum absolute atomic E-state index is 0.528. The highest BCUT2D eigenvalue weighted by molar-refractivity contribution is 5.39. The van der Waals surface area contributed by atoms with Crippen LogP contribution < -0.4 is 0 Å². The molecule has 0 aromatic rings. The van der Waals surface area contributed by atoms with Crippen LogP contribution in [0, 0.1) is 11.8 Å². The van der Waals surface area contributed by atoms with Gasteiger partial charge in [-0.2, -0.15) is 0 Å². The minimum Gasteiger partial charge on any atom is -0.0955 e. The van der Waals surface area contributed by atoms with Gasteiger partial charge in [0.1, 0.15) is 0 Å². The van der Waals surface area contributed by atoms with Crippen LogP contribution in [-0.4, -0.2) is 0 Å². The van der Waals surface area contributed by atoms with Gasteiger partial charge in [-0.05, 0) is 36.3 Å². The Labute approximate surface area is 101 Å². The van der Waals surface area contributed by atoms with Crippen LogP contribution in [0.5, 0.6) is 0 Å². The first kappa shape index (κ1) is 15.0. The van der Waals surface area contributed by atoms with Crippen molar-refractivity contribution in [2.75, 3.05) is 0 Å². The summed E-state index contributed by atoms with van der Waals surface area (Å²) < 4.78 is 0. The van der Waals surface area contributed by atoms with Crippen molar-refractivity contribution in [3.05, 3.63) is 48.1 Å². The Bertz CT molecular complexity index is 300. The number of rotatable bonds is 6. The Morgan fingerprint density at radius 2 is 1.69 bits per heavy atom. The molecular formula is C16H26. The number of hydrogen-bond acceptors (Lipinski definition) is 0. The molecule has 0 heteroatoms. The van der Waals surface area contributed by atoms with Crippen molar-refractivity contribution >= 4 is 0 Å². The molecule has 0 heterocycles. The van der Waals surface area contributed by atoms with E-state index in [0.29, 0.717) is 11.8 Å². The third-order valence-electron chi connectivity index (χ3n) is 3.23. The fraction of sp³-hybridized carbons (Fsp3) is 0.500. The van der Waals surface area contributed by atoms with Gasteiger partial charge in [0.25, 0.3) is 0 Å². The highest BCUT2D eigenvalue weighted by atomic mass is 14.1. The average Bonchev–Trinajstić information content (AvgIpc) is 2.26. The van der Waals surface area contributed by atoms with E-state index in [1.807, 2.05) is 0 Å². The summed E-state index contributed by atoms with van der Waals surface area (Å²) in [6.07, 6.45) is 7.35. The van der Waals surface area contributed by atoms with E-state index in [2.05, 4.69) is 66.0 Å². The monoisotopic (exact) mass is 218 g/mol. The lowest BCUT2D eigenvalue weighted by atomic mass is 9.90. The van der Waals surface area contributed by atoms with Crippen LogP contribution >= 0.6 is 0 Å². The van der Waals surface area contributed by atoms with Gasteiger partial charge < -0.3 is 0 Å². The summed E-state index contributed by atoms with van der Waals surface area (Å²) in [5.74, 6) is 1.16. The van der Waals surface area contributed by atoms with Gasteiger partial charge in [0.2, 0.25) is 0 Å². The summed E-state index contributed by atoms with van der Waals surface area (Å²) >= 11 is 0. The van der Waals surface area contributed by atoms with Gasteiger partial charge in [-0.15, -0.1) is 0 Å². The molecule has 1 unspecified atom stereocenters. The second kappa shape index (κ2) is 7.27. The smallest absolute Gasteiger partial charge is 0.0173 e. The van der Waals surface area contributed by atoms with Crippen molar-refractivity contribution in [3.8, 4) is 0 Å². The SMILES string of the molecule is C=C(C=CC(=C)C(C)C(C)C)C(=CC)CC. The molecule has 0 nitrogen and oxygen atoms in total. The Morgan fingerprint density at radius 3 is 2.06 bits per heavy atom. The molecule has 0 radical (unpaired) electrons. The van der Waals surface area contributed by atoms with Crippen molar-refractivity contribution in [1.82, 2.24) is 0 Å². The predicted octanol–water partition coefficient (Wildman–Crippen LogP) is 5.30. The Balaban J connectivity index is 4.51. The van der Waals surface area contributed by atoms with E-state index in [9.17, 15) is 0 Å². The normalized spacial score (nSPS) is 14.5. The van der Waals surface area contributed by atoms with Crippen LogP contribution in [-0.2, 0) is 0 Å². The molecule has 0 spiro atoms. The maximum Gasteiger partial charge on any atom is -0.0173 e. The van der Waals surface area contributed by atoms with E-state index >= 15 is 0 Å². The number of allylic oxidation sites excluding steroid dienone is 6. The quantitative estimate of drug-likeness (QED) is 0.530. The van der Waals surface area contributed by atoms with Gasteiger partial charge in [-0.1, -0.05) is 64.7 Å². The molecule has 0 bridgehead atoms. The zero-order valence-corrected chi connectivity index (χ0v) is 11.5. The predicted molar refractivity (Wildman–Crippen MR) is 75.5 cm³/mol. The summed E-state index contributed by atoms with van der Waals surface area (Å²) in [7, 11) is 0. The minimum atomic E-state index is 0.528. The van der Waals surface area contributed by atoms with Crippen molar-refractivity contribution < 1.29 is 0 Å². The maximum absolute atomic E-state index is 4.11. The fourth-order valence-corrected chi connectivity index (χ4v) is 1.51. The molecule has 0 amide bonds. The van der Waals surface area contributed by atoms with Gasteiger partial charge in [0.05, 0.1) is 0 Å². The van der Waals surface area contributed by atoms with E-state index in [4.69, 9.17) is 0 Å². The Kier molecular flexibility index (Phi) is 6.80. The lowest BCUT2D eigenvalue weighted by Gasteiger charge is -2.15. The zero-order valence-electron chi connectivity index (χ0n) is 11.5. The molecule has 0 aliphatic carbocycles. The zero-order chi connectivity index (χ0) is 12.7. The van der Waals surface area contributed by atoms with E-state index in [1.165, 1.54) is 11.1 Å². The summed E-state index contributed by atoms with van der Waals surface area (Å²) in [6, 6.07) is 0. The molecule has 16 heavy (non-hydrogen) atoms. The van der Waals surface area contributed by atoms with Crippen LogP contribution in [0.25, 0.3) is 0 Å². The largest absolute Gasteiger partial charge is 0.0955 e. The summed E-state index contributed by atoms with van der Waals surface area (Å²) in [5.41, 5.74) is 3.59. The average molecular weight is 218 g/mol. The van der Waals surface area contributed by atoms with E-state index < -0.39 is 0 Å². The van der Waals surface area contributed by atoms with Crippen LogP contribution in [0.3, 0.4) is 0 Å². The van der Waals surface area contributed by atoms with Crippen molar-refractivity contribution in [1.29, 1.82) is 0 Å². The molecule has 0 saturated carbocycles. The molecule has 90 valence electrons. The molecule has 0 aliphatic heterocycles. The van der Waals surface area contributed by atoms with Gasteiger partial charge in [-0.25, -0.2) is 0 Å². The Hall–Kier alpha value is -1.04. The van der Waals surface area contributed by atoms with Crippen molar-refractivity contribution in [3.63, 3.8) is 0 Å². The molecule has 1 atom stereocenters. The molecule has 0 aliphatic rings. The van der Waals surface area contributed by atoms with E-state index in [1.54, 1.807) is 0 Å². The molecule has 0 rings (SSSR count). The Morgan fingerprint density at radius 1 is 1.12 bits per heavy atom. The topological polar surface area (TPSA) is 0 Å². The summed E-state index contributed by atoms with van der Waals surface area (Å²) in [6.45, 7) is 19.1. The standard InChI is InChI=1S/C16H26/c1-8-16(9-2)14(6)11-10-13(5)15(7)12(3)4/h8,10-12,15H,5-6,9H2,1-4,7H3. The first-order chi connectivity index (χ1) is 7.43. The lowest BCUT2D eigenvalue weighted by Crippen LogP contribution is -2.04. The van der Waals surface area contributed by atoms with E-state index in [0.717, 1.165) is 12.0 Å². The third-order valence-corrected chi connectivity index (χ3v) is 3.23. The fourth-order valence-electron chi connectivity index (χ4n) is 1.51. The van der Waals surface area contributed by atoms with Gasteiger partial charge in [-0.3, -0.25) is 0 Å². The summed E-state index contributed by atoms with van der Waals surface area (Å²) in [5, 5.41) is 0. The van der Waals surface area contributed by atoms with Crippen molar-refractivity contribution in [2.45, 2.75) is 41.0 Å². The first-order valence-corrected chi connectivity index (χ1v) is 6.15. The molecular weight excluding hydrogens is 192 g/mol. The van der Waals surface area contributed by atoms with Crippen LogP contribution in [0.15, 0.2) is 48.1 Å². The highest BCUT2D eigenvalue weighted by Crippen LogP contribution is 2.21. The molecule has 0 fully saturated rings. The third kappa shape index (κ3) is 4.65. The van der Waals surface area contributed by atoms with Crippen LogP contribution in [0.1, 0.15) is 41.0 Å². The second-order valence-electron chi connectivity index (χ2n) is 4.63. The second-order valence-corrected chi connectivity index (χ2v) is 4.63. The lowest BCUT2D eigenvalue weighted by molar-refractivity contribution is 0.489. The molecule has 0 aromatic carbocycles. The van der Waals surface area contributed by atoms with Gasteiger partial charge in [0.15, 0.2) is 0 Å².